The molecule has 1 N–H and O–H groups in total. The fourth-order valence-electron chi connectivity index (χ4n) is 1.68. The summed E-state index contributed by atoms with van der Waals surface area (Å²) in [7, 11) is 0. The number of anilines is 1. The van der Waals surface area contributed by atoms with Crippen molar-refractivity contribution in [1.29, 1.82) is 0 Å². The monoisotopic (exact) mass is 280 g/mol. The van der Waals surface area contributed by atoms with Crippen LogP contribution in [0.4, 0.5) is 5.82 Å². The zero-order valence-corrected chi connectivity index (χ0v) is 10.5. The smallest absolute Gasteiger partial charge is 0.160 e. The van der Waals surface area contributed by atoms with Crippen LogP contribution in [0.3, 0.4) is 0 Å². The van der Waals surface area contributed by atoms with Crippen molar-refractivity contribution in [3.8, 4) is 0 Å². The van der Waals surface area contributed by atoms with Crippen molar-refractivity contribution in [1.82, 2.24) is 4.98 Å². The SMILES string of the molecule is O=C1CCCCC1=CNc1ccc(Br)cn1. The number of ketones is 1. The first-order chi connectivity index (χ1) is 7.75. The van der Waals surface area contributed by atoms with Gasteiger partial charge in [-0.15, -0.1) is 0 Å². The summed E-state index contributed by atoms with van der Waals surface area (Å²) in [6.07, 6.45) is 7.20. The second-order valence-corrected chi connectivity index (χ2v) is 4.72. The van der Waals surface area contributed by atoms with E-state index in [9.17, 15) is 4.79 Å². The van der Waals surface area contributed by atoms with Gasteiger partial charge in [-0.3, -0.25) is 4.79 Å². The van der Waals surface area contributed by atoms with E-state index in [4.69, 9.17) is 0 Å². The Morgan fingerprint density at radius 2 is 2.12 bits per heavy atom. The summed E-state index contributed by atoms with van der Waals surface area (Å²) in [5.74, 6) is 1.02. The van der Waals surface area contributed by atoms with E-state index in [1.54, 1.807) is 12.4 Å². The van der Waals surface area contributed by atoms with E-state index in [1.807, 2.05) is 12.1 Å². The van der Waals surface area contributed by atoms with Crippen LogP contribution in [0.1, 0.15) is 25.7 Å². The molecule has 1 aliphatic rings. The van der Waals surface area contributed by atoms with Crippen LogP contribution in [0.5, 0.6) is 0 Å². The molecule has 16 heavy (non-hydrogen) atoms. The minimum absolute atomic E-state index is 0.260. The van der Waals surface area contributed by atoms with E-state index in [0.29, 0.717) is 6.42 Å². The van der Waals surface area contributed by atoms with E-state index in [-0.39, 0.29) is 5.78 Å². The average molecular weight is 281 g/mol. The Morgan fingerprint density at radius 1 is 1.31 bits per heavy atom. The maximum Gasteiger partial charge on any atom is 0.160 e. The van der Waals surface area contributed by atoms with Crippen molar-refractivity contribution in [2.45, 2.75) is 25.7 Å². The highest BCUT2D eigenvalue weighted by molar-refractivity contribution is 9.10. The second kappa shape index (κ2) is 5.25. The predicted octanol–water partition coefficient (Wildman–Crippen LogP) is 3.28. The van der Waals surface area contributed by atoms with Crippen LogP contribution in [0.2, 0.25) is 0 Å². The minimum atomic E-state index is 0.260. The van der Waals surface area contributed by atoms with Crippen molar-refractivity contribution in [2.24, 2.45) is 0 Å². The summed E-state index contributed by atoms with van der Waals surface area (Å²) in [6.45, 7) is 0. The molecule has 0 bridgehead atoms. The fourth-order valence-corrected chi connectivity index (χ4v) is 1.91. The predicted molar refractivity (Wildman–Crippen MR) is 67.1 cm³/mol. The third-order valence-electron chi connectivity index (χ3n) is 2.58. The number of nitrogens with one attached hydrogen (secondary N) is 1. The van der Waals surface area contributed by atoms with Gasteiger partial charge in [0.05, 0.1) is 0 Å². The van der Waals surface area contributed by atoms with Gasteiger partial charge in [-0.05, 0) is 47.3 Å². The van der Waals surface area contributed by atoms with Crippen LogP contribution < -0.4 is 5.32 Å². The molecule has 0 aromatic carbocycles. The van der Waals surface area contributed by atoms with Gasteiger partial charge in [0.25, 0.3) is 0 Å². The highest BCUT2D eigenvalue weighted by Gasteiger charge is 2.14. The zero-order valence-electron chi connectivity index (χ0n) is 8.87. The lowest BCUT2D eigenvalue weighted by Crippen LogP contribution is -2.10. The molecule has 0 radical (unpaired) electrons. The highest BCUT2D eigenvalue weighted by atomic mass is 79.9. The van der Waals surface area contributed by atoms with Crippen LogP contribution >= 0.6 is 15.9 Å². The molecule has 1 heterocycles. The summed E-state index contributed by atoms with van der Waals surface area (Å²) in [5, 5.41) is 3.06. The Bertz CT molecular complexity index is 412. The number of carbonyl (C=O) groups excluding carboxylic acids is 1. The maximum atomic E-state index is 11.5. The normalized spacial score (nSPS) is 18.8. The van der Waals surface area contributed by atoms with Crippen LogP contribution in [0.15, 0.2) is 34.6 Å². The number of hydrogen-bond acceptors (Lipinski definition) is 3. The molecule has 0 unspecified atom stereocenters. The topological polar surface area (TPSA) is 42.0 Å². The molecule has 0 aliphatic heterocycles. The van der Waals surface area contributed by atoms with Crippen LogP contribution in [0.25, 0.3) is 0 Å². The first kappa shape index (κ1) is 11.3. The Kier molecular flexibility index (Phi) is 3.72. The molecule has 1 saturated carbocycles. The number of pyridine rings is 1. The first-order valence-electron chi connectivity index (χ1n) is 5.36. The summed E-state index contributed by atoms with van der Waals surface area (Å²) in [4.78, 5) is 15.7. The largest absolute Gasteiger partial charge is 0.346 e. The van der Waals surface area contributed by atoms with Crippen LogP contribution in [-0.4, -0.2) is 10.8 Å². The summed E-state index contributed by atoms with van der Waals surface area (Å²) in [6, 6.07) is 3.78. The van der Waals surface area contributed by atoms with Gasteiger partial charge in [-0.25, -0.2) is 4.98 Å². The van der Waals surface area contributed by atoms with Crippen molar-refractivity contribution in [2.75, 3.05) is 5.32 Å². The third kappa shape index (κ3) is 2.92. The summed E-state index contributed by atoms with van der Waals surface area (Å²) >= 11 is 3.32. The van der Waals surface area contributed by atoms with Gasteiger partial charge in [0.1, 0.15) is 5.82 Å². The lowest BCUT2D eigenvalue weighted by Gasteiger charge is -2.12. The number of aromatic nitrogens is 1. The van der Waals surface area contributed by atoms with E-state index in [1.165, 1.54) is 0 Å². The number of nitrogens with zero attached hydrogens (tertiary/aromatic N) is 1. The van der Waals surface area contributed by atoms with E-state index >= 15 is 0 Å². The van der Waals surface area contributed by atoms with Crippen molar-refractivity contribution >= 4 is 27.5 Å². The van der Waals surface area contributed by atoms with Crippen molar-refractivity contribution in [3.05, 3.63) is 34.6 Å². The van der Waals surface area contributed by atoms with Crippen molar-refractivity contribution < 1.29 is 4.79 Å². The van der Waals surface area contributed by atoms with Gasteiger partial charge in [0.2, 0.25) is 0 Å². The van der Waals surface area contributed by atoms with Crippen LogP contribution in [0, 0.1) is 0 Å². The zero-order chi connectivity index (χ0) is 11.4. The minimum Gasteiger partial charge on any atom is -0.346 e. The van der Waals surface area contributed by atoms with Gasteiger partial charge in [-0.2, -0.15) is 0 Å². The quantitative estimate of drug-likeness (QED) is 0.846. The fraction of sp³-hybridized carbons (Fsp3) is 0.333. The van der Waals surface area contributed by atoms with E-state index in [0.717, 1.165) is 35.1 Å². The number of halogens is 1. The average Bonchev–Trinajstić information content (AvgIpc) is 2.30. The van der Waals surface area contributed by atoms with E-state index in [2.05, 4.69) is 26.2 Å². The third-order valence-corrected chi connectivity index (χ3v) is 3.05. The molecule has 4 heteroatoms. The summed E-state index contributed by atoms with van der Waals surface area (Å²) < 4.78 is 0.944. The standard InChI is InChI=1S/C12H13BrN2O/c13-10-5-6-12(15-8-10)14-7-9-3-1-2-4-11(9)16/h5-8H,1-4H2,(H,14,15). The molecule has 0 saturated heterocycles. The Hall–Kier alpha value is -1.16. The molecule has 1 aromatic heterocycles. The number of hydrogen-bond donors (Lipinski definition) is 1. The molecular weight excluding hydrogens is 268 g/mol. The van der Waals surface area contributed by atoms with Crippen molar-refractivity contribution in [3.63, 3.8) is 0 Å². The molecule has 3 nitrogen and oxygen atoms in total. The number of allylic oxidation sites excluding steroid dienone is 1. The van der Waals surface area contributed by atoms with E-state index < -0.39 is 0 Å². The second-order valence-electron chi connectivity index (χ2n) is 3.81. The number of rotatable bonds is 2. The maximum absolute atomic E-state index is 11.5. The Labute approximate surface area is 103 Å². The molecule has 0 atom stereocenters. The van der Waals surface area contributed by atoms with Crippen LogP contribution in [-0.2, 0) is 4.79 Å². The molecule has 1 aromatic rings. The molecule has 0 spiro atoms. The molecular formula is C12H13BrN2O. The lowest BCUT2D eigenvalue weighted by atomic mass is 9.94. The molecule has 1 aliphatic carbocycles. The van der Waals surface area contributed by atoms with Gasteiger partial charge >= 0.3 is 0 Å². The summed E-state index contributed by atoms with van der Waals surface area (Å²) in [5.41, 5.74) is 0.885. The lowest BCUT2D eigenvalue weighted by molar-refractivity contribution is -0.116. The van der Waals surface area contributed by atoms with Gasteiger partial charge < -0.3 is 5.32 Å². The number of Topliss-reactive ketones (excluding diaryl/α,β-unsaturated/α-hetero) is 1. The first-order valence-corrected chi connectivity index (χ1v) is 6.15. The molecule has 1 fully saturated rings. The molecule has 84 valence electrons. The number of carbonyl (C=O) groups is 1. The van der Waals surface area contributed by atoms with Gasteiger partial charge in [-0.1, -0.05) is 0 Å². The molecule has 2 rings (SSSR count). The molecule has 0 amide bonds. The Morgan fingerprint density at radius 3 is 2.81 bits per heavy atom. The Balaban J connectivity index is 2.02. The van der Waals surface area contributed by atoms with Gasteiger partial charge in [0.15, 0.2) is 5.78 Å². The highest BCUT2D eigenvalue weighted by Crippen LogP contribution is 2.19. The van der Waals surface area contributed by atoms with Gasteiger partial charge in [0, 0.05) is 28.9 Å².